The molecule has 7 aromatic heterocycles. The summed E-state index contributed by atoms with van der Waals surface area (Å²) < 4.78 is 145. The van der Waals surface area contributed by atoms with E-state index >= 15 is 0 Å². The average Bonchev–Trinajstić information content (AvgIpc) is 4.19. The van der Waals surface area contributed by atoms with Gasteiger partial charge in [0.15, 0.2) is 49.6 Å². The molecule has 0 atom stereocenters. The average molecular weight is 1130 g/mol. The number of pyridine rings is 4. The molecule has 2 aliphatic rings. The monoisotopic (exact) mass is 1130 g/mol. The lowest BCUT2D eigenvalue weighted by molar-refractivity contribution is -2.00. The van der Waals surface area contributed by atoms with Crippen molar-refractivity contribution in [1.82, 2.24) is 19.9 Å². The van der Waals surface area contributed by atoms with E-state index in [1.807, 2.05) is 0 Å². The summed E-state index contributed by atoms with van der Waals surface area (Å²) in [5.74, 6) is 0. The number of nitrogens with zero attached hydrogens (tertiary/aromatic N) is 6. The molecule has 9 rings (SSSR count). The van der Waals surface area contributed by atoms with Gasteiger partial charge in [-0.25, -0.2) is 103 Å². The van der Waals surface area contributed by atoms with E-state index in [0.717, 1.165) is 116 Å². The molecule has 0 amide bonds. The minimum Gasteiger partial charge on any atom is -0.354 e. The number of rotatable bonds is 8. The smallest absolute Gasteiger partial charge is 0.169 e. The van der Waals surface area contributed by atoms with E-state index in [4.69, 9.17) is 84.5 Å². The van der Waals surface area contributed by atoms with Gasteiger partial charge in [0.1, 0.15) is 26.2 Å². The summed E-state index contributed by atoms with van der Waals surface area (Å²) in [6, 6.07) is 26.2. The van der Waals surface area contributed by atoms with Crippen LogP contribution in [0.2, 0.25) is 0 Å². The normalized spacial score (nSPS) is 12.1. The molecular weight excluding hydrogens is 1090 g/mol. The van der Waals surface area contributed by atoms with Gasteiger partial charge in [-0.1, -0.05) is 0 Å². The van der Waals surface area contributed by atoms with Crippen LogP contribution in [0.15, 0.2) is 122 Å². The number of halogens is 4. The van der Waals surface area contributed by atoms with Gasteiger partial charge in [0.25, 0.3) is 0 Å². The maximum Gasteiger partial charge on any atom is 0.169 e. The Morgan fingerprint density at radius 1 is 0.303 bits per heavy atom. The Morgan fingerprint density at radius 2 is 0.461 bits per heavy atom. The largest absolute Gasteiger partial charge is 0.354 e. The lowest BCUT2D eigenvalue weighted by atomic mass is 10.0. The highest BCUT2D eigenvalue weighted by Gasteiger charge is 2.20. The predicted molar refractivity (Wildman–Crippen MR) is 224 cm³/mol. The van der Waals surface area contributed by atoms with Crippen LogP contribution >= 0.6 is 0 Å². The maximum absolute atomic E-state index is 8.49. The van der Waals surface area contributed by atoms with Crippen LogP contribution in [0, 0.1) is 41.0 Å². The number of nitrogens with one attached hydrogen (secondary N) is 2. The van der Waals surface area contributed by atoms with E-state index < -0.39 is 41.0 Å². The highest BCUT2D eigenvalue weighted by Crippen LogP contribution is 2.38. The van der Waals surface area contributed by atoms with E-state index in [1.54, 1.807) is 0 Å². The van der Waals surface area contributed by atoms with Crippen molar-refractivity contribution in [3.63, 3.8) is 0 Å². The molecule has 2 N–H and O–H groups in total. The van der Waals surface area contributed by atoms with Crippen molar-refractivity contribution < 1.29 is 134 Å². The molecule has 0 saturated heterocycles. The quantitative estimate of drug-likeness (QED) is 0.133. The van der Waals surface area contributed by atoms with Crippen LogP contribution in [0.25, 0.3) is 90.9 Å². The molecule has 0 radical (unpaired) electrons. The molecule has 76 heavy (non-hydrogen) atoms. The second-order valence-electron chi connectivity index (χ2n) is 15.7. The Morgan fingerprint density at radius 3 is 0.605 bits per heavy atom. The first-order valence-electron chi connectivity index (χ1n) is 22.1. The molecular formula is C48H46Cl4N8O16. The molecule has 7 aromatic rings. The molecule has 0 saturated carbocycles. The van der Waals surface area contributed by atoms with Crippen molar-refractivity contribution in [2.24, 2.45) is 0 Å². The fourth-order valence-corrected chi connectivity index (χ4v) is 7.76. The Hall–Kier alpha value is -6.28. The molecule has 0 aliphatic carbocycles. The summed E-state index contributed by atoms with van der Waals surface area (Å²) >= 11 is 0. The van der Waals surface area contributed by atoms with E-state index in [0.29, 0.717) is 0 Å². The molecule has 28 heteroatoms. The first-order chi connectivity index (χ1) is 35.5. The predicted octanol–water partition coefficient (Wildman–Crippen LogP) is -10.5. The lowest BCUT2D eigenvalue weighted by Crippen LogP contribution is -2.68. The van der Waals surface area contributed by atoms with Crippen molar-refractivity contribution in [2.75, 3.05) is 0 Å². The molecule has 8 bridgehead atoms. The van der Waals surface area contributed by atoms with Crippen molar-refractivity contribution in [2.45, 2.75) is 53.9 Å². The minimum atomic E-state index is -4.94. The SMILES string of the molecule is CC[n+]1ccc(-c2c3nc(c(-c4cc[n+](CC)cc4)c4ccc([nH]4)c(-c4cc[n+](CC)cc4)c4nc(c(-c5cc[n+](CC)cc5)c5ccc2[nH]5)C=C4)C=C3)cc1.[O-][Cl+3]([O-])([O-])[O-].[O-][Cl+3]([O-])([O-])[O-].[O-][Cl+3]([O-])([O-])[O-].[O-][Cl+3]([O-])([O-])[O-]. The first-order valence-corrected chi connectivity index (χ1v) is 27.1. The fourth-order valence-electron chi connectivity index (χ4n) is 7.76. The fraction of sp³-hybridized carbons (Fsp3) is 0.167. The van der Waals surface area contributed by atoms with Gasteiger partial charge in [-0.2, -0.15) is 0 Å². The number of aromatic amines is 2. The van der Waals surface area contributed by atoms with Gasteiger partial charge in [-0.3, -0.25) is 0 Å². The molecule has 402 valence electrons. The third-order valence-corrected chi connectivity index (χ3v) is 10.9. The minimum absolute atomic E-state index is 0.900. The zero-order chi connectivity index (χ0) is 56.2. The topological polar surface area (TPSA) is 442 Å². The second-order valence-corrected chi connectivity index (χ2v) is 18.7. The summed E-state index contributed by atoms with van der Waals surface area (Å²) in [7, 11) is -19.8. The lowest BCUT2D eigenvalue weighted by Gasteiger charge is -2.17. The van der Waals surface area contributed by atoms with Crippen molar-refractivity contribution in [3.05, 3.63) is 145 Å². The number of hydrogen-bond donors (Lipinski definition) is 2. The van der Waals surface area contributed by atoms with Crippen molar-refractivity contribution in [1.29, 1.82) is 0 Å². The van der Waals surface area contributed by atoms with Crippen LogP contribution in [-0.2, 0) is 26.2 Å². The Balaban J connectivity index is 0.000000457. The molecule has 0 unspecified atom stereocenters. The van der Waals surface area contributed by atoms with Crippen molar-refractivity contribution in [3.8, 4) is 44.5 Å². The summed E-state index contributed by atoms with van der Waals surface area (Å²) in [5, 5.41) is 0. The van der Waals surface area contributed by atoms with Gasteiger partial charge in [0, 0.05) is 92.9 Å². The van der Waals surface area contributed by atoms with Crippen LogP contribution in [0.4, 0.5) is 0 Å². The van der Waals surface area contributed by atoms with Gasteiger partial charge in [-0.15, -0.1) is 41.0 Å². The molecule has 2 aliphatic heterocycles. The van der Waals surface area contributed by atoms with Crippen LogP contribution < -0.4 is 92.8 Å². The number of hydrogen-bond acceptors (Lipinski definition) is 18. The number of H-pyrrole nitrogens is 2. The standard InChI is InChI=1S/C48H45N8.4ClHO4/c1-5-53-25-17-33(18-26-53)45-37-9-11-39(49-37)46(34-19-27-54(6-2)28-20-34)41-13-15-43(51-41)48(36-23-31-56(8-4)32-24-36)44-16-14-42(52-44)47(40-12-10-38(45)50-40)35-21-29-55(7-3)30-22-35;4*2-1(3,4)5/h9-32H,5-8H2,1-4H3,(H,49,50,51,52);4*(H,2,3,4,5)/q+3;;;;/p-3. The summed E-state index contributed by atoms with van der Waals surface area (Å²) in [6.07, 6.45) is 25.8. The van der Waals surface area contributed by atoms with E-state index in [1.165, 1.54) is 0 Å². The first kappa shape index (κ1) is 60.6. The highest BCUT2D eigenvalue weighted by atomic mass is 35.7. The van der Waals surface area contributed by atoms with Crippen LogP contribution in [0.1, 0.15) is 50.5 Å². The van der Waals surface area contributed by atoms with Gasteiger partial charge in [0.2, 0.25) is 0 Å². The zero-order valence-corrected chi connectivity index (χ0v) is 43.4. The number of aryl methyl sites for hydroxylation is 4. The van der Waals surface area contributed by atoms with Crippen LogP contribution in [0.5, 0.6) is 0 Å². The van der Waals surface area contributed by atoms with Gasteiger partial charge in [-0.05, 0) is 98.5 Å². The molecule has 9 heterocycles. The Bertz CT molecular complexity index is 2830. The summed E-state index contributed by atoms with van der Waals surface area (Å²) in [4.78, 5) is 18.6. The summed E-state index contributed by atoms with van der Waals surface area (Å²) in [6.45, 7) is 12.2. The molecule has 0 spiro atoms. The number of fused-ring (bicyclic) bond motifs is 8. The highest BCUT2D eigenvalue weighted by molar-refractivity contribution is 5.99. The van der Waals surface area contributed by atoms with Gasteiger partial charge in [0.05, 0.1) is 22.8 Å². The van der Waals surface area contributed by atoms with Crippen molar-refractivity contribution >= 4 is 46.4 Å². The molecule has 0 fully saturated rings. The van der Waals surface area contributed by atoms with E-state index in [-0.39, 0.29) is 0 Å². The summed E-state index contributed by atoms with van der Waals surface area (Å²) in [5.41, 5.74) is 16.1. The molecule has 24 nitrogen and oxygen atoms in total. The third kappa shape index (κ3) is 19.1. The van der Waals surface area contributed by atoms with Gasteiger partial charge >= 0.3 is 0 Å². The van der Waals surface area contributed by atoms with E-state index in [2.05, 4.69) is 203 Å². The van der Waals surface area contributed by atoms with Crippen LogP contribution in [0.3, 0.4) is 0 Å². The number of aromatic nitrogens is 8. The maximum atomic E-state index is 8.49. The van der Waals surface area contributed by atoms with Gasteiger partial charge < -0.3 is 9.97 Å². The third-order valence-electron chi connectivity index (χ3n) is 10.9. The Kier molecular flexibility index (Phi) is 20.9. The zero-order valence-electron chi connectivity index (χ0n) is 40.4. The second kappa shape index (κ2) is 26.2. The Labute approximate surface area is 441 Å². The van der Waals surface area contributed by atoms with E-state index in [9.17, 15) is 0 Å². The van der Waals surface area contributed by atoms with Crippen LogP contribution in [-0.4, -0.2) is 19.9 Å². The molecule has 0 aromatic carbocycles.